The first-order valence-corrected chi connectivity index (χ1v) is 9.23. The third-order valence-electron chi connectivity index (χ3n) is 5.45. The van der Waals surface area contributed by atoms with Crippen molar-refractivity contribution >= 4 is 11.7 Å². The van der Waals surface area contributed by atoms with Crippen LogP contribution in [0.4, 0.5) is 5.82 Å². The van der Waals surface area contributed by atoms with Crippen molar-refractivity contribution in [2.24, 2.45) is 0 Å². The molecular weight excluding hydrogens is 310 g/mol. The standard InChI is InChI=1S/C21H25N3O/c1-16-5-4-6-18(13-16)21(8-9-21)20(25)23-15-17-7-10-22-19(14-17)24-11-2-3-12-24/h4-7,10,13-14H,2-3,8-9,11-12,15H2,1H3,(H,23,25). The van der Waals surface area contributed by atoms with Gasteiger partial charge in [0, 0.05) is 25.8 Å². The number of pyridine rings is 1. The highest BCUT2D eigenvalue weighted by Crippen LogP contribution is 2.48. The molecule has 2 fully saturated rings. The Kier molecular flexibility index (Phi) is 4.20. The zero-order valence-electron chi connectivity index (χ0n) is 14.8. The van der Waals surface area contributed by atoms with Gasteiger partial charge in [-0.05, 0) is 55.9 Å². The Morgan fingerprint density at radius 2 is 2.00 bits per heavy atom. The molecule has 4 heteroatoms. The minimum Gasteiger partial charge on any atom is -0.357 e. The molecule has 0 bridgehead atoms. The van der Waals surface area contributed by atoms with E-state index < -0.39 is 0 Å². The maximum Gasteiger partial charge on any atom is 0.230 e. The van der Waals surface area contributed by atoms with Crippen molar-refractivity contribution in [3.05, 3.63) is 59.3 Å². The fraction of sp³-hybridized carbons (Fsp3) is 0.429. The summed E-state index contributed by atoms with van der Waals surface area (Å²) in [6.07, 6.45) is 6.21. The molecule has 1 aromatic carbocycles. The molecule has 1 saturated heterocycles. The Balaban J connectivity index is 1.43. The van der Waals surface area contributed by atoms with Gasteiger partial charge in [-0.3, -0.25) is 4.79 Å². The van der Waals surface area contributed by atoms with Gasteiger partial charge in [0.15, 0.2) is 0 Å². The van der Waals surface area contributed by atoms with Crippen LogP contribution in [0.5, 0.6) is 0 Å². The Morgan fingerprint density at radius 3 is 2.72 bits per heavy atom. The van der Waals surface area contributed by atoms with Crippen LogP contribution >= 0.6 is 0 Å². The second-order valence-electron chi connectivity index (χ2n) is 7.35. The van der Waals surface area contributed by atoms with E-state index in [-0.39, 0.29) is 11.3 Å². The summed E-state index contributed by atoms with van der Waals surface area (Å²) >= 11 is 0. The summed E-state index contributed by atoms with van der Waals surface area (Å²) in [6.45, 7) is 4.81. The Hall–Kier alpha value is -2.36. The normalized spacial score (nSPS) is 18.2. The molecule has 2 aromatic rings. The van der Waals surface area contributed by atoms with E-state index in [0.29, 0.717) is 6.54 Å². The van der Waals surface area contributed by atoms with Gasteiger partial charge in [0.2, 0.25) is 5.91 Å². The number of rotatable bonds is 5. The number of nitrogens with one attached hydrogen (secondary N) is 1. The van der Waals surface area contributed by atoms with E-state index in [1.165, 1.54) is 18.4 Å². The van der Waals surface area contributed by atoms with E-state index in [9.17, 15) is 4.79 Å². The van der Waals surface area contributed by atoms with Crippen LogP contribution in [-0.4, -0.2) is 24.0 Å². The number of benzene rings is 1. The summed E-state index contributed by atoms with van der Waals surface area (Å²) < 4.78 is 0. The van der Waals surface area contributed by atoms with Crippen molar-refractivity contribution in [3.8, 4) is 0 Å². The Morgan fingerprint density at radius 1 is 1.20 bits per heavy atom. The van der Waals surface area contributed by atoms with Gasteiger partial charge in [-0.1, -0.05) is 29.8 Å². The van der Waals surface area contributed by atoms with Crippen molar-refractivity contribution < 1.29 is 4.79 Å². The molecule has 0 spiro atoms. The molecule has 1 aliphatic carbocycles. The maximum absolute atomic E-state index is 12.8. The fourth-order valence-corrected chi connectivity index (χ4v) is 3.76. The SMILES string of the molecule is Cc1cccc(C2(C(=O)NCc3ccnc(N4CCCC4)c3)CC2)c1. The van der Waals surface area contributed by atoms with Crippen LogP contribution in [0.3, 0.4) is 0 Å². The van der Waals surface area contributed by atoms with E-state index >= 15 is 0 Å². The monoisotopic (exact) mass is 335 g/mol. The first-order valence-electron chi connectivity index (χ1n) is 9.23. The number of anilines is 1. The summed E-state index contributed by atoms with van der Waals surface area (Å²) in [7, 11) is 0. The van der Waals surface area contributed by atoms with Crippen molar-refractivity contribution in [1.82, 2.24) is 10.3 Å². The number of amides is 1. The third kappa shape index (κ3) is 3.26. The number of aryl methyl sites for hydroxylation is 1. The Bertz CT molecular complexity index is 776. The summed E-state index contributed by atoms with van der Waals surface area (Å²) in [5.41, 5.74) is 3.17. The van der Waals surface area contributed by atoms with Crippen LogP contribution in [0.15, 0.2) is 42.6 Å². The molecule has 2 aliphatic rings. The highest BCUT2D eigenvalue weighted by atomic mass is 16.2. The average molecular weight is 335 g/mol. The summed E-state index contributed by atoms with van der Waals surface area (Å²) in [4.78, 5) is 19.6. The molecule has 0 atom stereocenters. The largest absolute Gasteiger partial charge is 0.357 e. The lowest BCUT2D eigenvalue weighted by molar-refractivity contribution is -0.123. The number of hydrogen-bond donors (Lipinski definition) is 1. The molecule has 25 heavy (non-hydrogen) atoms. The Labute approximate surface area is 149 Å². The van der Waals surface area contributed by atoms with Crippen molar-refractivity contribution in [2.75, 3.05) is 18.0 Å². The highest BCUT2D eigenvalue weighted by molar-refractivity contribution is 5.91. The molecule has 1 N–H and O–H groups in total. The van der Waals surface area contributed by atoms with Crippen molar-refractivity contribution in [1.29, 1.82) is 0 Å². The number of hydrogen-bond acceptors (Lipinski definition) is 3. The van der Waals surface area contributed by atoms with Crippen LogP contribution in [0.1, 0.15) is 42.4 Å². The molecule has 1 aliphatic heterocycles. The molecule has 4 rings (SSSR count). The smallest absolute Gasteiger partial charge is 0.230 e. The lowest BCUT2D eigenvalue weighted by Gasteiger charge is -2.18. The number of carbonyl (C=O) groups is 1. The third-order valence-corrected chi connectivity index (χ3v) is 5.45. The molecule has 0 unspecified atom stereocenters. The molecular formula is C21H25N3O. The summed E-state index contributed by atoms with van der Waals surface area (Å²) in [5, 5.41) is 3.15. The zero-order chi connectivity index (χ0) is 17.3. The van der Waals surface area contributed by atoms with Crippen LogP contribution in [0.2, 0.25) is 0 Å². The highest BCUT2D eigenvalue weighted by Gasteiger charge is 2.51. The summed E-state index contributed by atoms with van der Waals surface area (Å²) in [5.74, 6) is 1.18. The van der Waals surface area contributed by atoms with Gasteiger partial charge < -0.3 is 10.2 Å². The summed E-state index contributed by atoms with van der Waals surface area (Å²) in [6, 6.07) is 12.4. The van der Waals surface area contributed by atoms with E-state index in [1.54, 1.807) is 0 Å². The molecule has 1 amide bonds. The van der Waals surface area contributed by atoms with Gasteiger partial charge >= 0.3 is 0 Å². The van der Waals surface area contributed by atoms with E-state index in [0.717, 1.165) is 42.9 Å². The number of carbonyl (C=O) groups excluding carboxylic acids is 1. The molecule has 1 aromatic heterocycles. The lowest BCUT2D eigenvalue weighted by atomic mass is 9.93. The number of aromatic nitrogens is 1. The molecule has 4 nitrogen and oxygen atoms in total. The number of nitrogens with zero attached hydrogens (tertiary/aromatic N) is 2. The van der Waals surface area contributed by atoms with Crippen molar-refractivity contribution in [3.63, 3.8) is 0 Å². The van der Waals surface area contributed by atoms with Crippen LogP contribution in [0, 0.1) is 6.92 Å². The average Bonchev–Trinajstić information content (AvgIpc) is 3.27. The van der Waals surface area contributed by atoms with Crippen LogP contribution in [-0.2, 0) is 16.8 Å². The fourth-order valence-electron chi connectivity index (χ4n) is 3.76. The van der Waals surface area contributed by atoms with E-state index in [2.05, 4.69) is 46.4 Å². The predicted octanol–water partition coefficient (Wildman–Crippen LogP) is 3.34. The van der Waals surface area contributed by atoms with Gasteiger partial charge in [0.1, 0.15) is 5.82 Å². The first-order chi connectivity index (χ1) is 12.2. The van der Waals surface area contributed by atoms with Crippen molar-refractivity contribution in [2.45, 2.75) is 44.6 Å². The maximum atomic E-state index is 12.8. The van der Waals surface area contributed by atoms with Gasteiger partial charge in [0.25, 0.3) is 0 Å². The zero-order valence-corrected chi connectivity index (χ0v) is 14.8. The molecule has 0 radical (unpaired) electrons. The van der Waals surface area contributed by atoms with Gasteiger partial charge in [0.05, 0.1) is 5.41 Å². The van der Waals surface area contributed by atoms with Gasteiger partial charge in [-0.25, -0.2) is 4.98 Å². The van der Waals surface area contributed by atoms with Crippen LogP contribution < -0.4 is 10.2 Å². The minimum absolute atomic E-state index is 0.151. The van der Waals surface area contributed by atoms with E-state index in [1.807, 2.05) is 18.3 Å². The molecule has 130 valence electrons. The van der Waals surface area contributed by atoms with E-state index in [4.69, 9.17) is 0 Å². The topological polar surface area (TPSA) is 45.2 Å². The predicted molar refractivity (Wildman–Crippen MR) is 99.6 cm³/mol. The molecule has 1 saturated carbocycles. The second-order valence-corrected chi connectivity index (χ2v) is 7.35. The lowest BCUT2D eigenvalue weighted by Crippen LogP contribution is -2.34. The van der Waals surface area contributed by atoms with Crippen LogP contribution in [0.25, 0.3) is 0 Å². The minimum atomic E-state index is -0.309. The quantitative estimate of drug-likeness (QED) is 0.911. The van der Waals surface area contributed by atoms with Gasteiger partial charge in [-0.2, -0.15) is 0 Å². The molecule has 2 heterocycles. The van der Waals surface area contributed by atoms with Gasteiger partial charge in [-0.15, -0.1) is 0 Å². The first kappa shape index (κ1) is 16.1. The second kappa shape index (κ2) is 6.51.